The Morgan fingerprint density at radius 2 is 2.04 bits per heavy atom. The zero-order chi connectivity index (χ0) is 18.1. The molecule has 2 aliphatic rings. The summed E-state index contributed by atoms with van der Waals surface area (Å²) in [6.07, 6.45) is 1.49. The minimum Gasteiger partial charge on any atom is -0.494 e. The van der Waals surface area contributed by atoms with Gasteiger partial charge in [0.2, 0.25) is 5.91 Å². The van der Waals surface area contributed by atoms with E-state index in [9.17, 15) is 19.2 Å². The van der Waals surface area contributed by atoms with Crippen molar-refractivity contribution in [2.24, 2.45) is 0 Å². The first kappa shape index (κ1) is 16.9. The van der Waals surface area contributed by atoms with Gasteiger partial charge < -0.3 is 10.1 Å². The molecule has 5 amide bonds. The smallest absolute Gasteiger partial charge is 0.334 e. The van der Waals surface area contributed by atoms with Crippen molar-refractivity contribution in [1.29, 1.82) is 0 Å². The van der Waals surface area contributed by atoms with Crippen LogP contribution in [0, 0.1) is 0 Å². The Morgan fingerprint density at radius 3 is 2.68 bits per heavy atom. The van der Waals surface area contributed by atoms with Crippen molar-refractivity contribution in [3.63, 3.8) is 0 Å². The summed E-state index contributed by atoms with van der Waals surface area (Å²) in [5, 5.41) is 2.83. The van der Waals surface area contributed by atoms with Gasteiger partial charge in [-0.15, -0.1) is 0 Å². The van der Waals surface area contributed by atoms with Gasteiger partial charge in [-0.3, -0.25) is 19.3 Å². The van der Waals surface area contributed by atoms with Crippen molar-refractivity contribution < 1.29 is 23.9 Å². The normalized spacial score (nSPS) is 19.4. The molecule has 0 aromatic heterocycles. The van der Waals surface area contributed by atoms with Crippen molar-refractivity contribution in [2.75, 3.05) is 20.2 Å². The number of likely N-dealkylation sites (N-methyl/N-ethyl adjacent to an activating group) is 1. The number of fused-ring (bicyclic) bond motifs is 1. The number of ether oxygens (including phenoxy) is 1. The van der Waals surface area contributed by atoms with Gasteiger partial charge in [-0.25, -0.2) is 9.69 Å². The highest BCUT2D eigenvalue weighted by atomic mass is 16.5. The average molecular weight is 345 g/mol. The zero-order valence-electron chi connectivity index (χ0n) is 14.1. The van der Waals surface area contributed by atoms with Gasteiger partial charge in [-0.1, -0.05) is 12.1 Å². The Morgan fingerprint density at radius 1 is 1.28 bits per heavy atom. The van der Waals surface area contributed by atoms with Crippen molar-refractivity contribution >= 4 is 23.8 Å². The molecular weight excluding hydrogens is 326 g/mol. The number of carbonyl (C=O) groups is 4. The summed E-state index contributed by atoms with van der Waals surface area (Å²) in [4.78, 5) is 48.7. The molecule has 0 radical (unpaired) electrons. The van der Waals surface area contributed by atoms with E-state index < -0.39 is 30.3 Å². The van der Waals surface area contributed by atoms with Crippen molar-refractivity contribution in [3.05, 3.63) is 29.3 Å². The fourth-order valence-corrected chi connectivity index (χ4v) is 3.20. The van der Waals surface area contributed by atoms with Crippen molar-refractivity contribution in [1.82, 2.24) is 15.1 Å². The van der Waals surface area contributed by atoms with E-state index in [4.69, 9.17) is 4.74 Å². The summed E-state index contributed by atoms with van der Waals surface area (Å²) in [6.45, 7) is 2.01. The number of urea groups is 1. The van der Waals surface area contributed by atoms with Gasteiger partial charge in [0.25, 0.3) is 0 Å². The third kappa shape index (κ3) is 2.95. The number of benzene rings is 1. The van der Waals surface area contributed by atoms with E-state index in [0.717, 1.165) is 23.3 Å². The summed E-state index contributed by atoms with van der Waals surface area (Å²) in [5.74, 6) is -1.57. The molecule has 25 heavy (non-hydrogen) atoms. The summed E-state index contributed by atoms with van der Waals surface area (Å²) in [5.41, 5.74) is 2.05. The average Bonchev–Trinajstić information content (AvgIpc) is 3.07. The molecule has 1 atom stereocenters. The lowest BCUT2D eigenvalue weighted by Crippen LogP contribution is -2.41. The van der Waals surface area contributed by atoms with E-state index in [1.54, 1.807) is 0 Å². The van der Waals surface area contributed by atoms with Gasteiger partial charge in [0.1, 0.15) is 12.3 Å². The monoisotopic (exact) mass is 345 g/mol. The Hall–Kier alpha value is -2.90. The van der Waals surface area contributed by atoms with Crippen LogP contribution in [0.2, 0.25) is 0 Å². The highest BCUT2D eigenvalue weighted by Crippen LogP contribution is 2.36. The van der Waals surface area contributed by atoms with E-state index in [-0.39, 0.29) is 6.04 Å². The molecule has 1 saturated heterocycles. The molecule has 1 fully saturated rings. The first-order chi connectivity index (χ1) is 11.9. The van der Waals surface area contributed by atoms with Crippen LogP contribution in [0.1, 0.15) is 30.5 Å². The predicted octanol–water partition coefficient (Wildman–Crippen LogP) is 0.609. The number of imide groups is 2. The maximum Gasteiger partial charge on any atom is 0.334 e. The molecule has 0 spiro atoms. The van der Waals surface area contributed by atoms with Crippen LogP contribution < -0.4 is 10.1 Å². The standard InChI is InChI=1S/C17H19N3O5/c1-3-25-13-6-4-5-10-11(13)7-8-12(10)18-14(21)9-20-16(23)15(22)19(2)17(20)24/h4-6,12H,3,7-9H2,1-2H3,(H,18,21). The quantitative estimate of drug-likeness (QED) is 0.623. The molecule has 0 saturated carbocycles. The maximum absolute atomic E-state index is 12.3. The molecule has 1 aromatic carbocycles. The second-order valence-corrected chi connectivity index (χ2v) is 5.95. The first-order valence-corrected chi connectivity index (χ1v) is 8.11. The van der Waals surface area contributed by atoms with Crippen LogP contribution in [0.3, 0.4) is 0 Å². The summed E-state index contributed by atoms with van der Waals surface area (Å²) in [7, 11) is 1.21. The first-order valence-electron chi connectivity index (χ1n) is 8.11. The molecule has 132 valence electrons. The fraction of sp³-hybridized carbons (Fsp3) is 0.412. The molecule has 1 N–H and O–H groups in total. The Kier molecular flexibility index (Phi) is 4.43. The minimum atomic E-state index is -0.979. The zero-order valence-corrected chi connectivity index (χ0v) is 14.1. The molecule has 1 aliphatic carbocycles. The SMILES string of the molecule is CCOc1cccc2c1CCC2NC(=O)CN1C(=O)C(=O)N(C)C1=O. The summed E-state index contributed by atoms with van der Waals surface area (Å²) >= 11 is 0. The number of hydrogen-bond donors (Lipinski definition) is 1. The van der Waals surface area contributed by atoms with Crippen LogP contribution in [-0.2, 0) is 20.8 Å². The van der Waals surface area contributed by atoms with E-state index in [1.165, 1.54) is 7.05 Å². The van der Waals surface area contributed by atoms with E-state index >= 15 is 0 Å². The van der Waals surface area contributed by atoms with Crippen LogP contribution in [0.4, 0.5) is 4.79 Å². The number of carbonyl (C=O) groups excluding carboxylic acids is 4. The van der Waals surface area contributed by atoms with Gasteiger partial charge in [-0.2, -0.15) is 0 Å². The van der Waals surface area contributed by atoms with E-state index in [0.29, 0.717) is 22.8 Å². The lowest BCUT2D eigenvalue weighted by Gasteiger charge is -2.17. The lowest BCUT2D eigenvalue weighted by atomic mass is 10.1. The van der Waals surface area contributed by atoms with E-state index in [1.807, 2.05) is 25.1 Å². The summed E-state index contributed by atoms with van der Waals surface area (Å²) in [6, 6.07) is 4.71. The molecule has 1 unspecified atom stereocenters. The maximum atomic E-state index is 12.3. The molecular formula is C17H19N3O5. The van der Waals surface area contributed by atoms with Gasteiger partial charge in [0, 0.05) is 7.05 Å². The third-order valence-corrected chi connectivity index (χ3v) is 4.42. The fourth-order valence-electron chi connectivity index (χ4n) is 3.20. The number of hydrogen-bond acceptors (Lipinski definition) is 5. The van der Waals surface area contributed by atoms with Crippen LogP contribution >= 0.6 is 0 Å². The summed E-state index contributed by atoms with van der Waals surface area (Å²) < 4.78 is 5.61. The second-order valence-electron chi connectivity index (χ2n) is 5.95. The van der Waals surface area contributed by atoms with Crippen LogP contribution in [0.25, 0.3) is 0 Å². The topological polar surface area (TPSA) is 96.0 Å². The largest absolute Gasteiger partial charge is 0.494 e. The van der Waals surface area contributed by atoms with Gasteiger partial charge >= 0.3 is 17.8 Å². The molecule has 0 bridgehead atoms. The molecule has 3 rings (SSSR count). The number of amides is 5. The van der Waals surface area contributed by atoms with Crippen LogP contribution in [-0.4, -0.2) is 53.8 Å². The molecule has 8 nitrogen and oxygen atoms in total. The molecule has 1 heterocycles. The Labute approximate surface area is 144 Å². The second kappa shape index (κ2) is 6.54. The van der Waals surface area contributed by atoms with Crippen LogP contribution in [0.5, 0.6) is 5.75 Å². The number of nitrogens with zero attached hydrogens (tertiary/aromatic N) is 2. The molecule has 1 aromatic rings. The van der Waals surface area contributed by atoms with Crippen molar-refractivity contribution in [2.45, 2.75) is 25.8 Å². The number of rotatable bonds is 5. The third-order valence-electron chi connectivity index (χ3n) is 4.42. The number of nitrogens with one attached hydrogen (secondary N) is 1. The molecule has 1 aliphatic heterocycles. The molecule has 8 heteroatoms. The van der Waals surface area contributed by atoms with Gasteiger partial charge in [0.05, 0.1) is 12.6 Å². The predicted molar refractivity (Wildman–Crippen MR) is 86.7 cm³/mol. The Bertz CT molecular complexity index is 761. The van der Waals surface area contributed by atoms with Crippen molar-refractivity contribution in [3.8, 4) is 5.75 Å². The van der Waals surface area contributed by atoms with E-state index in [2.05, 4.69) is 5.32 Å². The minimum absolute atomic E-state index is 0.204. The lowest BCUT2D eigenvalue weighted by molar-refractivity contribution is -0.143. The Balaban J connectivity index is 1.68. The highest BCUT2D eigenvalue weighted by molar-refractivity contribution is 6.44. The van der Waals surface area contributed by atoms with Gasteiger partial charge in [-0.05, 0) is 37.0 Å². The highest BCUT2D eigenvalue weighted by Gasteiger charge is 2.43. The van der Waals surface area contributed by atoms with Gasteiger partial charge in [0.15, 0.2) is 0 Å². The van der Waals surface area contributed by atoms with Crippen LogP contribution in [0.15, 0.2) is 18.2 Å².